The molecule has 142 valence electrons. The van der Waals surface area contributed by atoms with Gasteiger partial charge in [0, 0.05) is 23.0 Å². The average molecular weight is 388 g/mol. The molecule has 1 fully saturated rings. The molecule has 2 aromatic rings. The van der Waals surface area contributed by atoms with Crippen molar-refractivity contribution in [3.63, 3.8) is 0 Å². The Kier molecular flexibility index (Phi) is 6.58. The first kappa shape index (κ1) is 19.5. The number of amides is 1. The standard InChI is InChI=1S/C21H23ClFN3O/c1-15(16-6-8-19(22)9-7-16)24-25-21(27)17-10-12-26(13-11-17)14-18-4-2-3-5-20(18)23/h2-9,17H,10-14H2,1H3,(H,25,27). The Morgan fingerprint density at radius 3 is 2.52 bits per heavy atom. The molecule has 0 atom stereocenters. The number of hydrogen-bond acceptors (Lipinski definition) is 3. The van der Waals surface area contributed by atoms with Crippen molar-refractivity contribution in [2.75, 3.05) is 13.1 Å². The van der Waals surface area contributed by atoms with E-state index >= 15 is 0 Å². The molecule has 27 heavy (non-hydrogen) atoms. The second-order valence-corrected chi connectivity index (χ2v) is 7.26. The van der Waals surface area contributed by atoms with Gasteiger partial charge in [-0.15, -0.1) is 0 Å². The third kappa shape index (κ3) is 5.37. The number of nitrogens with one attached hydrogen (secondary N) is 1. The third-order valence-corrected chi connectivity index (χ3v) is 5.16. The third-order valence-electron chi connectivity index (χ3n) is 4.91. The molecular formula is C21H23ClFN3O. The molecule has 0 bridgehead atoms. The smallest absolute Gasteiger partial charge is 0.243 e. The second kappa shape index (κ2) is 9.11. The number of benzene rings is 2. The van der Waals surface area contributed by atoms with Crippen LogP contribution >= 0.6 is 11.6 Å². The normalized spacial score (nSPS) is 16.3. The molecule has 3 rings (SSSR count). The molecular weight excluding hydrogens is 365 g/mol. The van der Waals surface area contributed by atoms with Gasteiger partial charge >= 0.3 is 0 Å². The highest BCUT2D eigenvalue weighted by molar-refractivity contribution is 6.30. The van der Waals surface area contributed by atoms with E-state index in [0.717, 1.165) is 37.2 Å². The SMILES string of the molecule is CC(=NNC(=O)C1CCN(Cc2ccccc2F)CC1)c1ccc(Cl)cc1. The maximum atomic E-state index is 13.8. The summed E-state index contributed by atoms with van der Waals surface area (Å²) in [6.07, 6.45) is 1.49. The van der Waals surface area contributed by atoms with Crippen LogP contribution in [0.25, 0.3) is 0 Å². The summed E-state index contributed by atoms with van der Waals surface area (Å²) in [5.41, 5.74) is 5.02. The molecule has 0 spiro atoms. The van der Waals surface area contributed by atoms with Crippen molar-refractivity contribution in [3.8, 4) is 0 Å². The van der Waals surface area contributed by atoms with Crippen molar-refractivity contribution in [1.29, 1.82) is 0 Å². The van der Waals surface area contributed by atoms with Gasteiger partial charge in [0.2, 0.25) is 5.91 Å². The number of hydrogen-bond donors (Lipinski definition) is 1. The zero-order valence-electron chi connectivity index (χ0n) is 15.3. The van der Waals surface area contributed by atoms with Crippen LogP contribution < -0.4 is 5.43 Å². The molecule has 1 aliphatic heterocycles. The largest absolute Gasteiger partial charge is 0.299 e. The van der Waals surface area contributed by atoms with E-state index in [1.807, 2.05) is 31.2 Å². The molecule has 4 nitrogen and oxygen atoms in total. The highest BCUT2D eigenvalue weighted by Crippen LogP contribution is 2.20. The molecule has 6 heteroatoms. The summed E-state index contributed by atoms with van der Waals surface area (Å²) >= 11 is 5.88. The molecule has 0 saturated carbocycles. The maximum absolute atomic E-state index is 13.8. The summed E-state index contributed by atoms with van der Waals surface area (Å²) in [4.78, 5) is 14.6. The Bertz CT molecular complexity index is 814. The predicted molar refractivity (Wildman–Crippen MR) is 106 cm³/mol. The predicted octanol–water partition coefficient (Wildman–Crippen LogP) is 4.23. The van der Waals surface area contributed by atoms with Gasteiger partial charge in [-0.2, -0.15) is 5.10 Å². The first-order chi connectivity index (χ1) is 13.0. The van der Waals surface area contributed by atoms with Gasteiger partial charge in [-0.3, -0.25) is 9.69 Å². The zero-order chi connectivity index (χ0) is 19.2. The first-order valence-corrected chi connectivity index (χ1v) is 9.46. The zero-order valence-corrected chi connectivity index (χ0v) is 16.0. The first-order valence-electron chi connectivity index (χ1n) is 9.09. The number of hydrazone groups is 1. The van der Waals surface area contributed by atoms with Crippen LogP contribution in [0, 0.1) is 11.7 Å². The quantitative estimate of drug-likeness (QED) is 0.616. The van der Waals surface area contributed by atoms with E-state index in [-0.39, 0.29) is 17.6 Å². The second-order valence-electron chi connectivity index (χ2n) is 6.82. The monoisotopic (exact) mass is 387 g/mol. The minimum atomic E-state index is -0.177. The van der Waals surface area contributed by atoms with E-state index in [9.17, 15) is 9.18 Å². The fourth-order valence-corrected chi connectivity index (χ4v) is 3.33. The molecule has 1 heterocycles. The van der Waals surface area contributed by atoms with E-state index in [1.54, 1.807) is 18.2 Å². The highest BCUT2D eigenvalue weighted by Gasteiger charge is 2.25. The van der Waals surface area contributed by atoms with E-state index in [1.165, 1.54) is 6.07 Å². The van der Waals surface area contributed by atoms with Crippen LogP contribution in [-0.2, 0) is 11.3 Å². The van der Waals surface area contributed by atoms with Gasteiger partial charge < -0.3 is 0 Å². The number of halogens is 2. The summed E-state index contributed by atoms with van der Waals surface area (Å²) in [7, 11) is 0. The minimum absolute atomic E-state index is 0.0612. The molecule has 0 unspecified atom stereocenters. The van der Waals surface area contributed by atoms with E-state index in [4.69, 9.17) is 11.6 Å². The lowest BCUT2D eigenvalue weighted by Gasteiger charge is -2.31. The molecule has 1 amide bonds. The lowest BCUT2D eigenvalue weighted by atomic mass is 9.96. The van der Waals surface area contributed by atoms with Crippen molar-refractivity contribution in [2.24, 2.45) is 11.0 Å². The van der Waals surface area contributed by atoms with Gasteiger partial charge in [-0.1, -0.05) is 41.9 Å². The molecule has 0 radical (unpaired) electrons. The number of nitrogens with zero attached hydrogens (tertiary/aromatic N) is 2. The molecule has 0 aliphatic carbocycles. The van der Waals surface area contributed by atoms with Crippen molar-refractivity contribution < 1.29 is 9.18 Å². The molecule has 1 saturated heterocycles. The van der Waals surface area contributed by atoms with Gasteiger partial charge in [0.05, 0.1) is 5.71 Å². The molecule has 1 aliphatic rings. The van der Waals surface area contributed by atoms with Crippen molar-refractivity contribution >= 4 is 23.2 Å². The van der Waals surface area contributed by atoms with Crippen LogP contribution in [-0.4, -0.2) is 29.6 Å². The van der Waals surface area contributed by atoms with Crippen molar-refractivity contribution in [2.45, 2.75) is 26.3 Å². The maximum Gasteiger partial charge on any atom is 0.243 e. The fraction of sp³-hybridized carbons (Fsp3) is 0.333. The summed E-state index contributed by atoms with van der Waals surface area (Å²) in [6.45, 7) is 3.97. The Balaban J connectivity index is 1.49. The van der Waals surface area contributed by atoms with Crippen LogP contribution in [0.2, 0.25) is 5.02 Å². The van der Waals surface area contributed by atoms with E-state index in [2.05, 4.69) is 15.4 Å². The van der Waals surface area contributed by atoms with E-state index in [0.29, 0.717) is 17.1 Å². The fourth-order valence-electron chi connectivity index (χ4n) is 3.21. The van der Waals surface area contributed by atoms with Crippen LogP contribution in [0.1, 0.15) is 30.9 Å². The number of carbonyl (C=O) groups excluding carboxylic acids is 1. The lowest BCUT2D eigenvalue weighted by Crippen LogP contribution is -2.39. The summed E-state index contributed by atoms with van der Waals surface area (Å²) in [5.74, 6) is -0.304. The van der Waals surface area contributed by atoms with Crippen molar-refractivity contribution in [1.82, 2.24) is 10.3 Å². The van der Waals surface area contributed by atoms with Crippen LogP contribution in [0.15, 0.2) is 53.6 Å². The Labute approximate surface area is 164 Å². The topological polar surface area (TPSA) is 44.7 Å². The van der Waals surface area contributed by atoms with E-state index < -0.39 is 0 Å². The van der Waals surface area contributed by atoms with Gasteiger partial charge in [-0.25, -0.2) is 9.82 Å². The number of rotatable bonds is 5. The molecule has 1 N–H and O–H groups in total. The summed E-state index contributed by atoms with van der Waals surface area (Å²) in [6, 6.07) is 14.2. The Morgan fingerprint density at radius 2 is 1.85 bits per heavy atom. The van der Waals surface area contributed by atoms with Crippen LogP contribution in [0.3, 0.4) is 0 Å². The average Bonchev–Trinajstić information content (AvgIpc) is 2.69. The summed E-state index contributed by atoms with van der Waals surface area (Å²) in [5, 5.41) is 4.87. The minimum Gasteiger partial charge on any atom is -0.299 e. The van der Waals surface area contributed by atoms with Gasteiger partial charge in [0.15, 0.2) is 0 Å². The number of likely N-dealkylation sites (tertiary alicyclic amines) is 1. The van der Waals surface area contributed by atoms with Crippen LogP contribution in [0.4, 0.5) is 4.39 Å². The Morgan fingerprint density at radius 1 is 1.19 bits per heavy atom. The van der Waals surface area contributed by atoms with Crippen LogP contribution in [0.5, 0.6) is 0 Å². The number of piperidine rings is 1. The van der Waals surface area contributed by atoms with Gasteiger partial charge in [0.25, 0.3) is 0 Å². The molecule has 0 aromatic heterocycles. The highest BCUT2D eigenvalue weighted by atomic mass is 35.5. The van der Waals surface area contributed by atoms with Gasteiger partial charge in [-0.05, 0) is 56.6 Å². The Hall–Kier alpha value is -2.24. The molecule has 2 aromatic carbocycles. The van der Waals surface area contributed by atoms with Crippen molar-refractivity contribution in [3.05, 3.63) is 70.5 Å². The van der Waals surface area contributed by atoms with Gasteiger partial charge in [0.1, 0.15) is 5.82 Å². The number of carbonyl (C=O) groups is 1. The summed E-state index contributed by atoms with van der Waals surface area (Å²) < 4.78 is 13.8. The lowest BCUT2D eigenvalue weighted by molar-refractivity contribution is -0.126.